The van der Waals surface area contributed by atoms with E-state index in [1.165, 1.54) is 0 Å². The van der Waals surface area contributed by atoms with Crippen LogP contribution in [-0.2, 0) is 33.3 Å². The van der Waals surface area contributed by atoms with Gasteiger partial charge in [0.05, 0.1) is 12.0 Å². The standard InChI is InChI=1S/C24H19F19O7/c1-4-11(44)47-7-16(8-48-12(45)5-2,9-49-13(46)6-3)10-50-15(20(31,32)33)18(27,23(38,39)40)21(34,24(41,42)43)17(26,22(35,36)37)14(25)19(28,29)30/h4-6,14-15H,1-3,7-10H2. The van der Waals surface area contributed by atoms with E-state index in [1.54, 1.807) is 0 Å². The summed E-state index contributed by atoms with van der Waals surface area (Å²) in [7, 11) is 0. The molecule has 0 aromatic carbocycles. The van der Waals surface area contributed by atoms with Crippen LogP contribution in [0.1, 0.15) is 0 Å². The quantitative estimate of drug-likeness (QED) is 0.0736. The minimum absolute atomic E-state index is 0.221. The molecule has 290 valence electrons. The Balaban J connectivity index is 8.19. The summed E-state index contributed by atoms with van der Waals surface area (Å²) >= 11 is 0. The van der Waals surface area contributed by atoms with Crippen LogP contribution in [0.5, 0.6) is 0 Å². The number of hydrogen-bond donors (Lipinski definition) is 0. The van der Waals surface area contributed by atoms with Gasteiger partial charge >= 0.3 is 48.8 Å². The maximum Gasteiger partial charge on any atom is 0.429 e. The van der Waals surface area contributed by atoms with Gasteiger partial charge in [0.15, 0.2) is 6.10 Å². The van der Waals surface area contributed by atoms with Crippen LogP contribution >= 0.6 is 0 Å². The van der Waals surface area contributed by atoms with Gasteiger partial charge in [-0.1, -0.05) is 19.7 Å². The van der Waals surface area contributed by atoms with E-state index in [1.807, 2.05) is 0 Å². The third-order valence-corrected chi connectivity index (χ3v) is 6.13. The zero-order valence-electron chi connectivity index (χ0n) is 23.9. The first kappa shape index (κ1) is 46.3. The number of ether oxygens (including phenoxy) is 4. The zero-order valence-corrected chi connectivity index (χ0v) is 23.9. The Kier molecular flexibility index (Phi) is 14.1. The molecule has 50 heavy (non-hydrogen) atoms. The second-order valence-corrected chi connectivity index (χ2v) is 9.65. The lowest BCUT2D eigenvalue weighted by Gasteiger charge is -2.51. The van der Waals surface area contributed by atoms with Gasteiger partial charge in [-0.15, -0.1) is 0 Å². The van der Waals surface area contributed by atoms with Crippen molar-refractivity contribution < 1.29 is 117 Å². The Bertz CT molecular complexity index is 1190. The van der Waals surface area contributed by atoms with Gasteiger partial charge in [0, 0.05) is 18.2 Å². The molecule has 0 fully saturated rings. The first-order valence-corrected chi connectivity index (χ1v) is 12.1. The second kappa shape index (κ2) is 15.2. The number of carbonyl (C=O) groups is 3. The van der Waals surface area contributed by atoms with Gasteiger partial charge in [-0.2, -0.15) is 65.9 Å². The molecule has 0 saturated carbocycles. The van der Waals surface area contributed by atoms with Crippen LogP contribution in [0, 0.1) is 5.41 Å². The fraction of sp³-hybridized carbons (Fsp3) is 0.625. The fourth-order valence-electron chi connectivity index (χ4n) is 3.74. The summed E-state index contributed by atoms with van der Waals surface area (Å²) < 4.78 is 282. The van der Waals surface area contributed by atoms with Gasteiger partial charge in [-0.05, 0) is 0 Å². The molecule has 26 heteroatoms. The van der Waals surface area contributed by atoms with Gasteiger partial charge in [-0.25, -0.2) is 31.9 Å². The molecule has 0 spiro atoms. The lowest BCUT2D eigenvalue weighted by Crippen LogP contribution is -2.84. The van der Waals surface area contributed by atoms with Gasteiger partial charge in [0.1, 0.15) is 19.8 Å². The highest BCUT2D eigenvalue weighted by Crippen LogP contribution is 2.66. The SMILES string of the molecule is C=CC(=O)OCC(COC(=O)C=C)(COC(=O)C=C)COC(C(F)(F)F)C(F)(C(F)(F)F)C(F)(C(F)(F)F)C(F)(C(F)C(F)(F)F)C(F)(F)F. The monoisotopic (exact) mass is 780 g/mol. The number of esters is 3. The molecule has 0 aliphatic heterocycles. The summed E-state index contributed by atoms with van der Waals surface area (Å²) in [5, 5.41) is 0. The predicted octanol–water partition coefficient (Wildman–Crippen LogP) is 6.82. The van der Waals surface area contributed by atoms with E-state index >= 15 is 13.2 Å². The first-order chi connectivity index (χ1) is 22.1. The van der Waals surface area contributed by atoms with Crippen molar-refractivity contribution in [2.24, 2.45) is 5.41 Å². The van der Waals surface area contributed by atoms with E-state index in [9.17, 15) is 84.6 Å². The molecule has 0 amide bonds. The zero-order chi connectivity index (χ0) is 40.2. The summed E-state index contributed by atoms with van der Waals surface area (Å²) in [4.78, 5) is 34.7. The molecular formula is C24H19F19O7. The van der Waals surface area contributed by atoms with Crippen LogP contribution in [-0.4, -0.2) is 104 Å². The summed E-state index contributed by atoms with van der Waals surface area (Å²) in [6.45, 7) is 0.252. The van der Waals surface area contributed by atoms with E-state index in [4.69, 9.17) is 0 Å². The third-order valence-electron chi connectivity index (χ3n) is 6.13. The number of alkyl halides is 19. The average Bonchev–Trinajstić information content (AvgIpc) is 2.96. The van der Waals surface area contributed by atoms with Gasteiger partial charge in [0.25, 0.3) is 17.0 Å². The third kappa shape index (κ3) is 9.13. The van der Waals surface area contributed by atoms with Crippen LogP contribution in [0.25, 0.3) is 0 Å². The van der Waals surface area contributed by atoms with Crippen molar-refractivity contribution >= 4 is 17.9 Å². The molecule has 0 radical (unpaired) electrons. The minimum atomic E-state index is -9.30. The van der Waals surface area contributed by atoms with Gasteiger partial charge in [0.2, 0.25) is 6.17 Å². The van der Waals surface area contributed by atoms with Crippen LogP contribution in [0.4, 0.5) is 83.4 Å². The predicted molar refractivity (Wildman–Crippen MR) is 122 cm³/mol. The van der Waals surface area contributed by atoms with E-state index in [0.29, 0.717) is 0 Å². The molecule has 0 N–H and O–H groups in total. The van der Waals surface area contributed by atoms with Crippen molar-refractivity contribution in [3.63, 3.8) is 0 Å². The molecular weight excluding hydrogens is 761 g/mol. The number of carbonyl (C=O) groups excluding carboxylic acids is 3. The average molecular weight is 780 g/mol. The maximum atomic E-state index is 15.8. The molecule has 0 bridgehead atoms. The number of rotatable bonds is 16. The number of hydrogen-bond acceptors (Lipinski definition) is 7. The largest absolute Gasteiger partial charge is 0.462 e. The lowest BCUT2D eigenvalue weighted by atomic mass is 9.67. The van der Waals surface area contributed by atoms with E-state index in [2.05, 4.69) is 38.7 Å². The van der Waals surface area contributed by atoms with Crippen LogP contribution in [0.2, 0.25) is 0 Å². The molecule has 0 rings (SSSR count). The molecule has 5 unspecified atom stereocenters. The van der Waals surface area contributed by atoms with Crippen molar-refractivity contribution in [2.45, 2.75) is 60.2 Å². The van der Waals surface area contributed by atoms with Gasteiger partial charge < -0.3 is 18.9 Å². The van der Waals surface area contributed by atoms with E-state index < -0.39 is 110 Å². The van der Waals surface area contributed by atoms with Crippen molar-refractivity contribution in [1.82, 2.24) is 0 Å². The molecule has 0 aliphatic rings. The Hall–Kier alpha value is -3.74. The van der Waals surface area contributed by atoms with Crippen molar-refractivity contribution in [3.8, 4) is 0 Å². The van der Waals surface area contributed by atoms with E-state index in [-0.39, 0.29) is 18.2 Å². The first-order valence-electron chi connectivity index (χ1n) is 12.1. The highest BCUT2D eigenvalue weighted by Gasteiger charge is 2.98. The van der Waals surface area contributed by atoms with Crippen molar-refractivity contribution in [2.75, 3.05) is 26.4 Å². The number of halogens is 19. The smallest absolute Gasteiger partial charge is 0.429 e. The Morgan fingerprint density at radius 2 is 0.820 bits per heavy atom. The highest BCUT2D eigenvalue weighted by atomic mass is 19.4. The topological polar surface area (TPSA) is 88.1 Å². The molecule has 0 aromatic heterocycles. The molecule has 0 heterocycles. The molecule has 7 nitrogen and oxygen atoms in total. The van der Waals surface area contributed by atoms with Crippen LogP contribution in [0.3, 0.4) is 0 Å². The van der Waals surface area contributed by atoms with E-state index in [0.717, 1.165) is 0 Å². The molecule has 5 atom stereocenters. The lowest BCUT2D eigenvalue weighted by molar-refractivity contribution is -0.453. The fourth-order valence-corrected chi connectivity index (χ4v) is 3.74. The minimum Gasteiger partial charge on any atom is -0.462 e. The highest BCUT2D eigenvalue weighted by molar-refractivity contribution is 5.82. The normalized spacial score (nSPS) is 18.3. The Labute approximate surface area is 265 Å². The second-order valence-electron chi connectivity index (χ2n) is 9.65. The summed E-state index contributed by atoms with van der Waals surface area (Å²) in [5.74, 6) is -5.01. The van der Waals surface area contributed by atoms with Crippen molar-refractivity contribution in [3.05, 3.63) is 38.0 Å². The molecule has 0 saturated heterocycles. The maximum absolute atomic E-state index is 15.8. The summed E-state index contributed by atoms with van der Waals surface area (Å²) in [5.41, 5.74) is -30.3. The molecule has 0 aliphatic carbocycles. The van der Waals surface area contributed by atoms with Crippen LogP contribution < -0.4 is 0 Å². The van der Waals surface area contributed by atoms with Crippen LogP contribution in [0.15, 0.2) is 38.0 Å². The van der Waals surface area contributed by atoms with Gasteiger partial charge in [-0.3, -0.25) is 0 Å². The Morgan fingerprint density at radius 3 is 1.04 bits per heavy atom. The molecule has 0 aromatic rings. The Morgan fingerprint density at radius 1 is 0.500 bits per heavy atom. The summed E-state index contributed by atoms with van der Waals surface area (Å²) in [6.07, 6.45) is -54.7. The summed E-state index contributed by atoms with van der Waals surface area (Å²) in [6, 6.07) is 0. The van der Waals surface area contributed by atoms with Crippen molar-refractivity contribution in [1.29, 1.82) is 0 Å².